The van der Waals surface area contributed by atoms with Crippen LogP contribution in [0.2, 0.25) is 0 Å². The molecule has 23 heavy (non-hydrogen) atoms. The molecule has 2 aromatic heterocycles. The van der Waals surface area contributed by atoms with Gasteiger partial charge in [-0.25, -0.2) is 4.98 Å². The van der Waals surface area contributed by atoms with E-state index in [0.29, 0.717) is 6.54 Å². The second kappa shape index (κ2) is 6.17. The Labute approximate surface area is 143 Å². The molecule has 0 radical (unpaired) electrons. The Bertz CT molecular complexity index is 797. The zero-order chi connectivity index (χ0) is 15.7. The van der Waals surface area contributed by atoms with Crippen molar-refractivity contribution in [2.75, 3.05) is 6.54 Å². The van der Waals surface area contributed by atoms with Crippen molar-refractivity contribution in [2.24, 2.45) is 0 Å². The Hall–Kier alpha value is -1.53. The van der Waals surface area contributed by atoms with Crippen molar-refractivity contribution in [3.05, 3.63) is 64.0 Å². The van der Waals surface area contributed by atoms with E-state index in [4.69, 9.17) is 0 Å². The summed E-state index contributed by atoms with van der Waals surface area (Å²) in [6.45, 7) is 1.32. The van der Waals surface area contributed by atoms with E-state index in [2.05, 4.69) is 27.8 Å². The first-order valence-electron chi connectivity index (χ1n) is 7.75. The Morgan fingerprint density at radius 3 is 3.00 bits per heavy atom. The van der Waals surface area contributed by atoms with Gasteiger partial charge in [-0.3, -0.25) is 0 Å². The molecule has 0 fully saturated rings. The van der Waals surface area contributed by atoms with Crippen LogP contribution in [0, 0.1) is 0 Å². The quantitative estimate of drug-likeness (QED) is 0.741. The number of aliphatic hydroxyl groups is 1. The van der Waals surface area contributed by atoms with Crippen LogP contribution in [0.15, 0.2) is 48.0 Å². The van der Waals surface area contributed by atoms with Crippen molar-refractivity contribution in [1.29, 1.82) is 0 Å². The molecular formula is C18H18N2OS2. The van der Waals surface area contributed by atoms with Crippen LogP contribution in [0.3, 0.4) is 0 Å². The number of hydrogen-bond donors (Lipinski definition) is 2. The molecule has 0 aliphatic heterocycles. The largest absolute Gasteiger partial charge is 0.384 e. The highest BCUT2D eigenvalue weighted by Crippen LogP contribution is 2.36. The molecule has 0 saturated heterocycles. The summed E-state index contributed by atoms with van der Waals surface area (Å²) in [5.74, 6) is 0. The van der Waals surface area contributed by atoms with Gasteiger partial charge in [0, 0.05) is 24.2 Å². The molecule has 1 atom stereocenters. The van der Waals surface area contributed by atoms with Crippen LogP contribution in [0.4, 0.5) is 0 Å². The van der Waals surface area contributed by atoms with Crippen molar-refractivity contribution in [2.45, 2.75) is 25.0 Å². The average Bonchev–Trinajstić information content (AvgIpc) is 3.29. The van der Waals surface area contributed by atoms with E-state index >= 15 is 0 Å². The molecule has 0 amide bonds. The summed E-state index contributed by atoms with van der Waals surface area (Å²) in [6, 6.07) is 12.4. The minimum atomic E-state index is -0.738. The van der Waals surface area contributed by atoms with Crippen molar-refractivity contribution in [3.8, 4) is 9.88 Å². The first kappa shape index (κ1) is 15.0. The van der Waals surface area contributed by atoms with Gasteiger partial charge in [0.25, 0.3) is 0 Å². The number of thiazole rings is 1. The zero-order valence-electron chi connectivity index (χ0n) is 12.7. The Kier molecular flexibility index (Phi) is 4.03. The topological polar surface area (TPSA) is 45.1 Å². The van der Waals surface area contributed by atoms with E-state index in [9.17, 15) is 5.11 Å². The van der Waals surface area contributed by atoms with Gasteiger partial charge in [0.15, 0.2) is 0 Å². The molecular weight excluding hydrogens is 324 g/mol. The number of benzene rings is 1. The standard InChI is InChI=1S/C18H18N2OS2/c21-18(8-7-13-4-1-2-5-15(13)18)12-19-10-14-11-20-17(23-14)16-6-3-9-22-16/h1-6,9,11,19,21H,7-8,10,12H2. The molecule has 5 heteroatoms. The average molecular weight is 342 g/mol. The zero-order valence-corrected chi connectivity index (χ0v) is 14.3. The molecule has 1 unspecified atom stereocenters. The lowest BCUT2D eigenvalue weighted by molar-refractivity contribution is 0.0385. The van der Waals surface area contributed by atoms with E-state index in [1.54, 1.807) is 22.7 Å². The number of nitrogens with one attached hydrogen (secondary N) is 1. The molecule has 2 N–H and O–H groups in total. The first-order chi connectivity index (χ1) is 11.2. The molecule has 1 aromatic carbocycles. The molecule has 0 saturated carbocycles. The summed E-state index contributed by atoms with van der Waals surface area (Å²) < 4.78 is 0. The van der Waals surface area contributed by atoms with E-state index in [0.717, 1.165) is 30.0 Å². The molecule has 118 valence electrons. The fourth-order valence-electron chi connectivity index (χ4n) is 3.15. The van der Waals surface area contributed by atoms with Gasteiger partial charge in [-0.2, -0.15) is 0 Å². The number of thiophene rings is 1. The first-order valence-corrected chi connectivity index (χ1v) is 9.44. The lowest BCUT2D eigenvalue weighted by Gasteiger charge is -2.24. The molecule has 0 bridgehead atoms. The van der Waals surface area contributed by atoms with E-state index in [1.807, 2.05) is 30.5 Å². The minimum absolute atomic E-state index is 0.580. The fourth-order valence-corrected chi connectivity index (χ4v) is 4.83. The maximum atomic E-state index is 10.9. The van der Waals surface area contributed by atoms with Crippen LogP contribution in [0.25, 0.3) is 9.88 Å². The van der Waals surface area contributed by atoms with Gasteiger partial charge in [0.05, 0.1) is 4.88 Å². The highest BCUT2D eigenvalue weighted by Gasteiger charge is 2.35. The molecule has 2 heterocycles. The van der Waals surface area contributed by atoms with Crippen LogP contribution < -0.4 is 5.32 Å². The van der Waals surface area contributed by atoms with Gasteiger partial charge >= 0.3 is 0 Å². The monoisotopic (exact) mass is 342 g/mol. The highest BCUT2D eigenvalue weighted by atomic mass is 32.1. The van der Waals surface area contributed by atoms with Crippen molar-refractivity contribution >= 4 is 22.7 Å². The van der Waals surface area contributed by atoms with Crippen LogP contribution in [-0.4, -0.2) is 16.6 Å². The number of nitrogens with zero attached hydrogens (tertiary/aromatic N) is 1. The molecule has 3 nitrogen and oxygen atoms in total. The third kappa shape index (κ3) is 2.97. The van der Waals surface area contributed by atoms with Crippen molar-refractivity contribution in [1.82, 2.24) is 10.3 Å². The van der Waals surface area contributed by atoms with Crippen LogP contribution in [0.5, 0.6) is 0 Å². The van der Waals surface area contributed by atoms with Gasteiger partial charge in [0.1, 0.15) is 10.6 Å². The summed E-state index contributed by atoms with van der Waals surface area (Å²) in [5, 5.41) is 17.5. The van der Waals surface area contributed by atoms with E-state index < -0.39 is 5.60 Å². The van der Waals surface area contributed by atoms with Gasteiger partial charge in [-0.15, -0.1) is 22.7 Å². The molecule has 0 spiro atoms. The predicted molar refractivity (Wildman–Crippen MR) is 95.8 cm³/mol. The van der Waals surface area contributed by atoms with Crippen LogP contribution in [-0.2, 0) is 18.6 Å². The second-order valence-corrected chi connectivity index (χ2v) is 7.96. The lowest BCUT2D eigenvalue weighted by atomic mass is 9.96. The Balaban J connectivity index is 1.39. The number of aromatic nitrogens is 1. The van der Waals surface area contributed by atoms with Crippen molar-refractivity contribution in [3.63, 3.8) is 0 Å². The normalized spacial score (nSPS) is 19.9. The molecule has 4 rings (SSSR count). The SMILES string of the molecule is OC1(CNCc2cnc(-c3cccs3)s2)CCc2ccccc21. The minimum Gasteiger partial charge on any atom is -0.384 e. The van der Waals surface area contributed by atoms with Gasteiger partial charge in [-0.05, 0) is 35.4 Å². The van der Waals surface area contributed by atoms with Crippen LogP contribution >= 0.6 is 22.7 Å². The molecule has 1 aliphatic carbocycles. The number of hydrogen-bond acceptors (Lipinski definition) is 5. The number of fused-ring (bicyclic) bond motifs is 1. The molecule has 1 aliphatic rings. The number of aryl methyl sites for hydroxylation is 1. The smallest absolute Gasteiger partial charge is 0.133 e. The summed E-state index contributed by atoms with van der Waals surface area (Å²) >= 11 is 3.43. The van der Waals surface area contributed by atoms with Crippen molar-refractivity contribution < 1.29 is 5.11 Å². The second-order valence-electron chi connectivity index (χ2n) is 5.90. The Morgan fingerprint density at radius 2 is 2.13 bits per heavy atom. The summed E-state index contributed by atoms with van der Waals surface area (Å²) in [6.07, 6.45) is 3.68. The maximum Gasteiger partial charge on any atom is 0.133 e. The summed E-state index contributed by atoms with van der Waals surface area (Å²) in [5.41, 5.74) is 1.61. The van der Waals surface area contributed by atoms with Gasteiger partial charge < -0.3 is 10.4 Å². The van der Waals surface area contributed by atoms with E-state index in [1.165, 1.54) is 15.3 Å². The third-order valence-electron chi connectivity index (χ3n) is 4.33. The highest BCUT2D eigenvalue weighted by molar-refractivity contribution is 7.20. The Morgan fingerprint density at radius 1 is 1.22 bits per heavy atom. The number of rotatable bonds is 5. The van der Waals surface area contributed by atoms with Crippen LogP contribution in [0.1, 0.15) is 22.4 Å². The van der Waals surface area contributed by atoms with Gasteiger partial charge in [-0.1, -0.05) is 30.3 Å². The summed E-state index contributed by atoms with van der Waals surface area (Å²) in [4.78, 5) is 6.90. The fraction of sp³-hybridized carbons (Fsp3) is 0.278. The maximum absolute atomic E-state index is 10.9. The summed E-state index contributed by atoms with van der Waals surface area (Å²) in [7, 11) is 0. The molecule has 3 aromatic rings. The predicted octanol–water partition coefficient (Wildman–Crippen LogP) is 3.80. The van der Waals surface area contributed by atoms with Gasteiger partial charge in [0.2, 0.25) is 0 Å². The third-order valence-corrected chi connectivity index (χ3v) is 6.37. The van der Waals surface area contributed by atoms with E-state index in [-0.39, 0.29) is 0 Å². The lowest BCUT2D eigenvalue weighted by Crippen LogP contribution is -2.35.